The molecular weight excluding hydrogens is 352 g/mol. The average Bonchev–Trinajstić information content (AvgIpc) is 3.22. The minimum Gasteiger partial charge on any atom is -0.491 e. The van der Waals surface area contributed by atoms with E-state index in [-0.39, 0.29) is 31.9 Å². The molecule has 2 fully saturated rings. The summed E-state index contributed by atoms with van der Waals surface area (Å²) < 4.78 is 16.1. The number of benzene rings is 1. The number of hydrogen-bond donors (Lipinski definition) is 1. The van der Waals surface area contributed by atoms with Gasteiger partial charge in [-0.05, 0) is 25.0 Å². The largest absolute Gasteiger partial charge is 0.491 e. The van der Waals surface area contributed by atoms with Gasteiger partial charge in [0.25, 0.3) is 5.91 Å². The number of fused-ring (bicyclic) bond motifs is 1. The van der Waals surface area contributed by atoms with Crippen molar-refractivity contribution in [3.05, 3.63) is 18.2 Å². The summed E-state index contributed by atoms with van der Waals surface area (Å²) in [6.45, 7) is 0.0671. The van der Waals surface area contributed by atoms with E-state index in [0.717, 1.165) is 19.3 Å². The molecule has 1 spiro atoms. The highest BCUT2D eigenvalue weighted by Gasteiger charge is 2.55. The number of nitrogens with zero attached hydrogens (tertiary/aromatic N) is 2. The van der Waals surface area contributed by atoms with E-state index in [1.54, 1.807) is 30.1 Å². The number of rotatable bonds is 5. The van der Waals surface area contributed by atoms with Gasteiger partial charge in [-0.3, -0.25) is 9.69 Å². The SMILES string of the molecule is CN1C(=O)N(CC(O)COc2ccc3c(c2)OCO3)C(=O)C12CCCCC2. The van der Waals surface area contributed by atoms with E-state index in [9.17, 15) is 14.7 Å². The first-order valence-electron chi connectivity index (χ1n) is 9.31. The van der Waals surface area contributed by atoms with Gasteiger partial charge in [0, 0.05) is 13.1 Å². The van der Waals surface area contributed by atoms with Gasteiger partial charge in [0.1, 0.15) is 24.0 Å². The molecule has 1 aromatic rings. The second kappa shape index (κ2) is 6.92. The van der Waals surface area contributed by atoms with Gasteiger partial charge >= 0.3 is 6.03 Å². The number of amides is 3. The van der Waals surface area contributed by atoms with Gasteiger partial charge < -0.3 is 24.2 Å². The van der Waals surface area contributed by atoms with Gasteiger partial charge in [-0.25, -0.2) is 4.79 Å². The van der Waals surface area contributed by atoms with Gasteiger partial charge in [0.05, 0.1) is 6.54 Å². The van der Waals surface area contributed by atoms with Crippen molar-refractivity contribution in [2.75, 3.05) is 27.0 Å². The molecule has 4 rings (SSSR count). The Morgan fingerprint density at radius 1 is 1.19 bits per heavy atom. The molecule has 1 aliphatic carbocycles. The van der Waals surface area contributed by atoms with Crippen molar-refractivity contribution in [2.45, 2.75) is 43.7 Å². The van der Waals surface area contributed by atoms with Crippen molar-refractivity contribution in [2.24, 2.45) is 0 Å². The number of urea groups is 1. The number of aliphatic hydroxyl groups excluding tert-OH is 1. The smallest absolute Gasteiger partial charge is 0.327 e. The second-order valence-electron chi connectivity index (χ2n) is 7.33. The fraction of sp³-hybridized carbons (Fsp3) is 0.579. The molecule has 0 bridgehead atoms. The van der Waals surface area contributed by atoms with Crippen LogP contribution in [0.3, 0.4) is 0 Å². The zero-order chi connectivity index (χ0) is 19.0. The summed E-state index contributed by atoms with van der Waals surface area (Å²) in [5.41, 5.74) is -0.729. The highest BCUT2D eigenvalue weighted by atomic mass is 16.7. The summed E-state index contributed by atoms with van der Waals surface area (Å²) in [4.78, 5) is 28.2. The molecule has 0 aromatic heterocycles. The van der Waals surface area contributed by atoms with Gasteiger partial charge in [-0.15, -0.1) is 0 Å². The first-order valence-corrected chi connectivity index (χ1v) is 9.31. The number of ether oxygens (including phenoxy) is 3. The summed E-state index contributed by atoms with van der Waals surface area (Å²) in [6.07, 6.45) is 3.36. The number of likely N-dealkylation sites (N-methyl/N-ethyl adjacent to an activating group) is 1. The zero-order valence-corrected chi connectivity index (χ0v) is 15.3. The van der Waals surface area contributed by atoms with Crippen LogP contribution in [0.25, 0.3) is 0 Å². The van der Waals surface area contributed by atoms with E-state index < -0.39 is 11.6 Å². The Labute approximate surface area is 157 Å². The van der Waals surface area contributed by atoms with E-state index in [0.29, 0.717) is 30.1 Å². The van der Waals surface area contributed by atoms with Crippen LogP contribution in [0.15, 0.2) is 18.2 Å². The maximum absolute atomic E-state index is 12.9. The number of β-amino-alcohol motifs (C(OH)–C–C–N with tert-alkyl or cyclic N) is 1. The number of carbonyl (C=O) groups is 2. The molecule has 8 nitrogen and oxygen atoms in total. The van der Waals surface area contributed by atoms with Crippen LogP contribution >= 0.6 is 0 Å². The Morgan fingerprint density at radius 3 is 2.70 bits per heavy atom. The lowest BCUT2D eigenvalue weighted by Gasteiger charge is -2.35. The highest BCUT2D eigenvalue weighted by molar-refractivity contribution is 6.07. The van der Waals surface area contributed by atoms with Crippen molar-refractivity contribution in [3.63, 3.8) is 0 Å². The standard InChI is InChI=1S/C19H24N2O6/c1-20-18(24)21(17(23)19(20)7-3-2-4-8-19)10-13(22)11-25-14-5-6-15-16(9-14)27-12-26-15/h5-6,9,13,22H,2-4,7-8,10-12H2,1H3. The lowest BCUT2D eigenvalue weighted by Crippen LogP contribution is -2.49. The van der Waals surface area contributed by atoms with Gasteiger partial charge in [-0.2, -0.15) is 0 Å². The minimum absolute atomic E-state index is 0.0343. The third-order valence-electron chi connectivity index (χ3n) is 5.66. The van der Waals surface area contributed by atoms with Gasteiger partial charge in [-0.1, -0.05) is 19.3 Å². The fourth-order valence-corrected chi connectivity index (χ4v) is 4.12. The molecule has 3 amide bonds. The molecule has 2 aliphatic heterocycles. The second-order valence-corrected chi connectivity index (χ2v) is 7.33. The molecule has 1 aromatic carbocycles. The topological polar surface area (TPSA) is 88.5 Å². The van der Waals surface area contributed by atoms with E-state index >= 15 is 0 Å². The van der Waals surface area contributed by atoms with E-state index in [1.807, 2.05) is 0 Å². The van der Waals surface area contributed by atoms with Crippen LogP contribution in [0.5, 0.6) is 17.2 Å². The van der Waals surface area contributed by atoms with Crippen LogP contribution in [0.2, 0.25) is 0 Å². The molecule has 8 heteroatoms. The van der Waals surface area contributed by atoms with Crippen molar-refractivity contribution in [1.29, 1.82) is 0 Å². The lowest BCUT2D eigenvalue weighted by molar-refractivity contribution is -0.135. The summed E-state index contributed by atoms with van der Waals surface area (Å²) in [7, 11) is 1.68. The highest BCUT2D eigenvalue weighted by Crippen LogP contribution is 2.39. The normalized spacial score (nSPS) is 21.9. The summed E-state index contributed by atoms with van der Waals surface area (Å²) in [6, 6.07) is 4.80. The number of carbonyl (C=O) groups excluding carboxylic acids is 2. The molecule has 146 valence electrons. The first kappa shape index (κ1) is 17.9. The molecule has 1 saturated heterocycles. The van der Waals surface area contributed by atoms with Crippen molar-refractivity contribution in [1.82, 2.24) is 9.80 Å². The van der Waals surface area contributed by atoms with Gasteiger partial charge in [0.15, 0.2) is 11.5 Å². The molecule has 27 heavy (non-hydrogen) atoms. The van der Waals surface area contributed by atoms with E-state index in [4.69, 9.17) is 14.2 Å². The Bertz CT molecular complexity index is 746. The monoisotopic (exact) mass is 376 g/mol. The Kier molecular flexibility index (Phi) is 4.59. The van der Waals surface area contributed by atoms with Crippen molar-refractivity contribution < 1.29 is 28.9 Å². The third kappa shape index (κ3) is 3.07. The number of aliphatic hydroxyl groups is 1. The Morgan fingerprint density at radius 2 is 1.93 bits per heavy atom. The van der Waals surface area contributed by atoms with Crippen LogP contribution in [0, 0.1) is 0 Å². The maximum Gasteiger partial charge on any atom is 0.327 e. The fourth-order valence-electron chi connectivity index (χ4n) is 4.12. The summed E-state index contributed by atoms with van der Waals surface area (Å²) >= 11 is 0. The summed E-state index contributed by atoms with van der Waals surface area (Å²) in [5.74, 6) is 1.57. The first-order chi connectivity index (χ1) is 13.0. The molecule has 3 aliphatic rings. The van der Waals surface area contributed by atoms with E-state index in [1.165, 1.54) is 4.90 Å². The third-order valence-corrected chi connectivity index (χ3v) is 5.66. The molecule has 0 radical (unpaired) electrons. The van der Waals surface area contributed by atoms with Crippen LogP contribution < -0.4 is 14.2 Å². The van der Waals surface area contributed by atoms with Crippen molar-refractivity contribution in [3.8, 4) is 17.2 Å². The summed E-state index contributed by atoms with van der Waals surface area (Å²) in [5, 5.41) is 10.3. The van der Waals surface area contributed by atoms with Gasteiger partial charge in [0.2, 0.25) is 6.79 Å². The van der Waals surface area contributed by atoms with Crippen LogP contribution in [-0.4, -0.2) is 65.5 Å². The van der Waals surface area contributed by atoms with E-state index in [2.05, 4.69) is 0 Å². The molecule has 1 saturated carbocycles. The quantitative estimate of drug-likeness (QED) is 0.788. The van der Waals surface area contributed by atoms with Crippen molar-refractivity contribution >= 4 is 11.9 Å². The predicted molar refractivity (Wildman–Crippen MR) is 94.8 cm³/mol. The Hall–Kier alpha value is -2.48. The predicted octanol–water partition coefficient (Wildman–Crippen LogP) is 1.75. The van der Waals surface area contributed by atoms with Crippen LogP contribution in [0.1, 0.15) is 32.1 Å². The Balaban J connectivity index is 1.37. The average molecular weight is 376 g/mol. The molecule has 2 heterocycles. The minimum atomic E-state index is -0.976. The number of hydrogen-bond acceptors (Lipinski definition) is 6. The van der Waals surface area contributed by atoms with Crippen LogP contribution in [-0.2, 0) is 4.79 Å². The maximum atomic E-state index is 12.9. The molecular formula is C19H24N2O6. The molecule has 1 atom stereocenters. The lowest BCUT2D eigenvalue weighted by atomic mass is 9.81. The van der Waals surface area contributed by atoms with Crippen LogP contribution in [0.4, 0.5) is 4.79 Å². The molecule has 1 unspecified atom stereocenters. The molecule has 1 N–H and O–H groups in total. The number of imide groups is 1. The zero-order valence-electron chi connectivity index (χ0n) is 15.3.